The minimum atomic E-state index is -0.239. The number of anilines is 1. The van der Waals surface area contributed by atoms with Crippen molar-refractivity contribution in [2.24, 2.45) is 11.7 Å². The smallest absolute Gasteiger partial charge is 0.227 e. The maximum Gasteiger partial charge on any atom is 0.227 e. The molecular weight excluding hydrogens is 414 g/mol. The van der Waals surface area contributed by atoms with E-state index in [0.29, 0.717) is 17.8 Å². The SMILES string of the molecule is Cl.Cl.NC1CCCC(C(=O)Nc2ccc3nc(Cc4ccccc4F)[nH]c3c2)C1. The highest BCUT2D eigenvalue weighted by Gasteiger charge is 2.25. The zero-order chi connectivity index (χ0) is 18.8. The number of carbonyl (C=O) groups is 1. The Balaban J connectivity index is 0.00000150. The summed E-state index contributed by atoms with van der Waals surface area (Å²) in [5.41, 5.74) is 8.92. The third-order valence-electron chi connectivity index (χ3n) is 5.20. The van der Waals surface area contributed by atoms with Gasteiger partial charge in [-0.3, -0.25) is 4.79 Å². The number of nitrogens with one attached hydrogen (secondary N) is 2. The number of nitrogens with two attached hydrogens (primary N) is 1. The molecule has 1 saturated carbocycles. The molecule has 0 spiro atoms. The van der Waals surface area contributed by atoms with Crippen LogP contribution in [0.15, 0.2) is 42.5 Å². The molecule has 3 aromatic rings. The van der Waals surface area contributed by atoms with E-state index in [9.17, 15) is 9.18 Å². The summed E-state index contributed by atoms with van der Waals surface area (Å²) in [6, 6.07) is 12.4. The number of nitrogens with zero attached hydrogens (tertiary/aromatic N) is 1. The molecule has 0 radical (unpaired) electrons. The molecule has 5 nitrogen and oxygen atoms in total. The van der Waals surface area contributed by atoms with Crippen LogP contribution in [0.25, 0.3) is 11.0 Å². The fourth-order valence-electron chi connectivity index (χ4n) is 3.76. The fourth-order valence-corrected chi connectivity index (χ4v) is 3.76. The minimum absolute atomic E-state index is 0. The number of rotatable bonds is 4. The number of H-pyrrole nitrogens is 1. The molecule has 1 heterocycles. The molecule has 2 aromatic carbocycles. The van der Waals surface area contributed by atoms with E-state index in [-0.39, 0.29) is 48.5 Å². The summed E-state index contributed by atoms with van der Waals surface area (Å²) in [5.74, 6) is 0.451. The number of hydrogen-bond acceptors (Lipinski definition) is 3. The maximum atomic E-state index is 13.8. The quantitative estimate of drug-likeness (QED) is 0.556. The molecule has 8 heteroatoms. The normalized spacial score (nSPS) is 18.6. The molecule has 0 bridgehead atoms. The Kier molecular flexibility index (Phi) is 8.02. The van der Waals surface area contributed by atoms with E-state index in [1.165, 1.54) is 6.07 Å². The average molecular weight is 439 g/mol. The second kappa shape index (κ2) is 10.1. The summed E-state index contributed by atoms with van der Waals surface area (Å²) in [6.45, 7) is 0. The Bertz CT molecular complexity index is 978. The zero-order valence-corrected chi connectivity index (χ0v) is 17.5. The second-order valence-corrected chi connectivity index (χ2v) is 7.30. The molecule has 1 aromatic heterocycles. The first-order valence-electron chi connectivity index (χ1n) is 9.37. The molecule has 2 unspecified atom stereocenters. The fraction of sp³-hybridized carbons (Fsp3) is 0.333. The standard InChI is InChI=1S/C21H23FN4O.2ClH/c22-17-7-2-1-4-13(17)11-20-25-18-9-8-16(12-19(18)26-20)24-21(27)14-5-3-6-15(23)10-14;;/h1-2,4,7-9,12,14-15H,3,5-6,10-11,23H2,(H,24,27)(H,25,26);2*1H. The van der Waals surface area contributed by atoms with Gasteiger partial charge in [-0.05, 0) is 49.1 Å². The van der Waals surface area contributed by atoms with E-state index < -0.39 is 0 Å². The lowest BCUT2D eigenvalue weighted by Gasteiger charge is -2.25. The maximum absolute atomic E-state index is 13.8. The van der Waals surface area contributed by atoms with Crippen LogP contribution >= 0.6 is 24.8 Å². The van der Waals surface area contributed by atoms with Crippen molar-refractivity contribution in [3.8, 4) is 0 Å². The van der Waals surface area contributed by atoms with Crippen molar-refractivity contribution in [3.05, 3.63) is 59.7 Å². The number of imidazole rings is 1. The van der Waals surface area contributed by atoms with Crippen LogP contribution in [-0.2, 0) is 11.2 Å². The van der Waals surface area contributed by atoms with E-state index in [0.717, 1.165) is 42.4 Å². The van der Waals surface area contributed by atoms with Gasteiger partial charge in [0.25, 0.3) is 0 Å². The lowest BCUT2D eigenvalue weighted by Crippen LogP contribution is -2.34. The van der Waals surface area contributed by atoms with Crippen molar-refractivity contribution in [2.75, 3.05) is 5.32 Å². The molecule has 1 fully saturated rings. The topological polar surface area (TPSA) is 83.8 Å². The molecule has 4 N–H and O–H groups in total. The third-order valence-corrected chi connectivity index (χ3v) is 5.20. The molecule has 156 valence electrons. The van der Waals surface area contributed by atoms with Crippen molar-refractivity contribution in [1.82, 2.24) is 9.97 Å². The lowest BCUT2D eigenvalue weighted by atomic mass is 9.85. The summed E-state index contributed by atoms with van der Waals surface area (Å²) >= 11 is 0. The van der Waals surface area contributed by atoms with Crippen molar-refractivity contribution < 1.29 is 9.18 Å². The van der Waals surface area contributed by atoms with Gasteiger partial charge in [-0.1, -0.05) is 24.6 Å². The molecule has 1 aliphatic carbocycles. The van der Waals surface area contributed by atoms with Gasteiger partial charge in [0.2, 0.25) is 5.91 Å². The monoisotopic (exact) mass is 438 g/mol. The van der Waals surface area contributed by atoms with Crippen LogP contribution in [0.2, 0.25) is 0 Å². The molecule has 0 saturated heterocycles. The summed E-state index contributed by atoms with van der Waals surface area (Å²) in [6.07, 6.45) is 4.01. The van der Waals surface area contributed by atoms with Gasteiger partial charge in [0, 0.05) is 24.1 Å². The van der Waals surface area contributed by atoms with E-state index in [2.05, 4.69) is 15.3 Å². The summed E-state index contributed by atoms with van der Waals surface area (Å²) in [5, 5.41) is 2.99. The van der Waals surface area contributed by atoms with Gasteiger partial charge in [-0.15, -0.1) is 24.8 Å². The number of carbonyl (C=O) groups excluding carboxylic acids is 1. The highest BCUT2D eigenvalue weighted by atomic mass is 35.5. The summed E-state index contributed by atoms with van der Waals surface area (Å²) < 4.78 is 13.8. The summed E-state index contributed by atoms with van der Waals surface area (Å²) in [4.78, 5) is 20.2. The van der Waals surface area contributed by atoms with Crippen molar-refractivity contribution in [3.63, 3.8) is 0 Å². The van der Waals surface area contributed by atoms with Gasteiger partial charge in [-0.2, -0.15) is 0 Å². The highest BCUT2D eigenvalue weighted by Crippen LogP contribution is 2.25. The van der Waals surface area contributed by atoms with Crippen molar-refractivity contribution in [1.29, 1.82) is 0 Å². The molecule has 1 aliphatic rings. The Hall–Kier alpha value is -2.15. The molecule has 4 rings (SSSR count). The predicted molar refractivity (Wildman–Crippen MR) is 118 cm³/mol. The largest absolute Gasteiger partial charge is 0.342 e. The van der Waals surface area contributed by atoms with Gasteiger partial charge in [0.05, 0.1) is 11.0 Å². The minimum Gasteiger partial charge on any atom is -0.342 e. The van der Waals surface area contributed by atoms with Crippen LogP contribution in [0.3, 0.4) is 0 Å². The van der Waals surface area contributed by atoms with Gasteiger partial charge in [-0.25, -0.2) is 9.37 Å². The Morgan fingerprint density at radius 1 is 1.21 bits per heavy atom. The number of amides is 1. The number of halogens is 3. The lowest BCUT2D eigenvalue weighted by molar-refractivity contribution is -0.120. The van der Waals surface area contributed by atoms with Crippen LogP contribution in [0.5, 0.6) is 0 Å². The first-order valence-corrected chi connectivity index (χ1v) is 9.37. The van der Waals surface area contributed by atoms with Crippen LogP contribution < -0.4 is 11.1 Å². The molecule has 2 atom stereocenters. The number of fused-ring (bicyclic) bond motifs is 1. The Morgan fingerprint density at radius 2 is 2.00 bits per heavy atom. The molecule has 29 heavy (non-hydrogen) atoms. The van der Waals surface area contributed by atoms with E-state index in [4.69, 9.17) is 5.73 Å². The second-order valence-electron chi connectivity index (χ2n) is 7.30. The van der Waals surface area contributed by atoms with Crippen LogP contribution in [-0.4, -0.2) is 21.9 Å². The van der Waals surface area contributed by atoms with E-state index in [1.807, 2.05) is 24.3 Å². The Morgan fingerprint density at radius 3 is 2.76 bits per heavy atom. The number of benzene rings is 2. The molecular formula is C21H25Cl2FN4O. The number of aromatic nitrogens is 2. The van der Waals surface area contributed by atoms with Crippen molar-refractivity contribution in [2.45, 2.75) is 38.1 Å². The zero-order valence-electron chi connectivity index (χ0n) is 15.9. The summed E-state index contributed by atoms with van der Waals surface area (Å²) in [7, 11) is 0. The number of hydrogen-bond donors (Lipinski definition) is 3. The van der Waals surface area contributed by atoms with Crippen LogP contribution in [0.1, 0.15) is 37.1 Å². The first-order chi connectivity index (χ1) is 13.1. The van der Waals surface area contributed by atoms with Gasteiger partial charge in [0.15, 0.2) is 0 Å². The first kappa shape index (κ1) is 23.1. The molecule has 0 aliphatic heterocycles. The molecule has 1 amide bonds. The van der Waals surface area contributed by atoms with Gasteiger partial charge in [0.1, 0.15) is 11.6 Å². The van der Waals surface area contributed by atoms with Gasteiger partial charge >= 0.3 is 0 Å². The van der Waals surface area contributed by atoms with E-state index in [1.54, 1.807) is 12.1 Å². The Labute approximate surface area is 181 Å². The van der Waals surface area contributed by atoms with Crippen LogP contribution in [0.4, 0.5) is 10.1 Å². The predicted octanol–water partition coefficient (Wildman–Crippen LogP) is 4.59. The van der Waals surface area contributed by atoms with E-state index >= 15 is 0 Å². The third kappa shape index (κ3) is 5.47. The number of aromatic amines is 1. The van der Waals surface area contributed by atoms with Gasteiger partial charge < -0.3 is 16.0 Å². The highest BCUT2D eigenvalue weighted by molar-refractivity contribution is 5.94. The van der Waals surface area contributed by atoms with Crippen molar-refractivity contribution >= 4 is 47.4 Å². The average Bonchev–Trinajstić information content (AvgIpc) is 3.05. The van der Waals surface area contributed by atoms with Crippen LogP contribution in [0, 0.1) is 11.7 Å².